The maximum absolute atomic E-state index is 12.0. The Hall–Kier alpha value is -1.35. The molecule has 2 rings (SSSR count). The SMILES string of the molecule is CC(C)(C)OC(=O)[C@@H]1Cc2ccccc2[C@@H]1N. The first-order chi connectivity index (χ1) is 7.88. The Balaban J connectivity index is 2.15. The van der Waals surface area contributed by atoms with Crippen molar-refractivity contribution in [2.45, 2.75) is 38.8 Å². The largest absolute Gasteiger partial charge is 0.460 e. The van der Waals surface area contributed by atoms with Gasteiger partial charge in [0, 0.05) is 6.04 Å². The first-order valence-corrected chi connectivity index (χ1v) is 5.95. The van der Waals surface area contributed by atoms with Crippen molar-refractivity contribution in [1.82, 2.24) is 0 Å². The molecule has 1 aromatic rings. The van der Waals surface area contributed by atoms with Crippen molar-refractivity contribution in [2.75, 3.05) is 0 Å². The maximum atomic E-state index is 12.0. The highest BCUT2D eigenvalue weighted by atomic mass is 16.6. The Morgan fingerprint density at radius 3 is 2.59 bits per heavy atom. The van der Waals surface area contributed by atoms with Gasteiger partial charge in [0.2, 0.25) is 0 Å². The smallest absolute Gasteiger partial charge is 0.311 e. The number of hydrogen-bond acceptors (Lipinski definition) is 3. The highest BCUT2D eigenvalue weighted by Gasteiger charge is 2.37. The zero-order valence-electron chi connectivity index (χ0n) is 10.6. The minimum atomic E-state index is -0.453. The number of nitrogens with two attached hydrogens (primary N) is 1. The Kier molecular flexibility index (Phi) is 2.96. The van der Waals surface area contributed by atoms with Crippen LogP contribution in [0.3, 0.4) is 0 Å². The number of hydrogen-bond donors (Lipinski definition) is 1. The number of carbonyl (C=O) groups is 1. The van der Waals surface area contributed by atoms with Crippen molar-refractivity contribution >= 4 is 5.97 Å². The lowest BCUT2D eigenvalue weighted by Gasteiger charge is -2.23. The monoisotopic (exact) mass is 233 g/mol. The van der Waals surface area contributed by atoms with Gasteiger partial charge in [0.05, 0.1) is 5.92 Å². The molecule has 2 N–H and O–H groups in total. The molecule has 0 fully saturated rings. The normalized spacial score (nSPS) is 23.3. The molecule has 0 amide bonds. The minimum Gasteiger partial charge on any atom is -0.460 e. The third-order valence-corrected chi connectivity index (χ3v) is 3.00. The van der Waals surface area contributed by atoms with Gasteiger partial charge in [-0.3, -0.25) is 4.79 Å². The summed E-state index contributed by atoms with van der Waals surface area (Å²) in [7, 11) is 0. The van der Waals surface area contributed by atoms with Gasteiger partial charge < -0.3 is 10.5 Å². The number of esters is 1. The van der Waals surface area contributed by atoms with Gasteiger partial charge in [-0.1, -0.05) is 24.3 Å². The van der Waals surface area contributed by atoms with E-state index >= 15 is 0 Å². The van der Waals surface area contributed by atoms with Crippen LogP contribution in [0.5, 0.6) is 0 Å². The standard InChI is InChI=1S/C14H19NO2/c1-14(2,3)17-13(16)11-8-9-6-4-5-7-10(9)12(11)15/h4-7,11-12H,8,15H2,1-3H3/t11-,12+/m1/s1. The molecule has 0 bridgehead atoms. The van der Waals surface area contributed by atoms with Crippen molar-refractivity contribution in [1.29, 1.82) is 0 Å². The molecule has 2 atom stereocenters. The third-order valence-electron chi connectivity index (χ3n) is 3.00. The summed E-state index contributed by atoms with van der Waals surface area (Å²) in [5.41, 5.74) is 7.89. The number of benzene rings is 1. The fraction of sp³-hybridized carbons (Fsp3) is 0.500. The van der Waals surface area contributed by atoms with E-state index in [0.717, 1.165) is 11.1 Å². The quantitative estimate of drug-likeness (QED) is 0.756. The van der Waals surface area contributed by atoms with E-state index in [4.69, 9.17) is 10.5 Å². The van der Waals surface area contributed by atoms with Crippen LogP contribution < -0.4 is 5.73 Å². The van der Waals surface area contributed by atoms with E-state index in [0.29, 0.717) is 6.42 Å². The molecule has 1 aliphatic carbocycles. The van der Waals surface area contributed by atoms with Gasteiger partial charge in [-0.05, 0) is 38.3 Å². The molecular formula is C14H19NO2. The summed E-state index contributed by atoms with van der Waals surface area (Å²) in [4.78, 5) is 12.0. The predicted octanol–water partition coefficient (Wildman–Crippen LogP) is 2.20. The molecule has 0 aliphatic heterocycles. The lowest BCUT2D eigenvalue weighted by Crippen LogP contribution is -2.32. The van der Waals surface area contributed by atoms with Crippen molar-refractivity contribution in [3.8, 4) is 0 Å². The molecule has 1 aromatic carbocycles. The summed E-state index contributed by atoms with van der Waals surface area (Å²) in [6.07, 6.45) is 0.687. The van der Waals surface area contributed by atoms with Gasteiger partial charge in [-0.15, -0.1) is 0 Å². The highest BCUT2D eigenvalue weighted by Crippen LogP contribution is 2.35. The van der Waals surface area contributed by atoms with Crippen LogP contribution >= 0.6 is 0 Å². The van der Waals surface area contributed by atoms with Crippen molar-refractivity contribution in [3.63, 3.8) is 0 Å². The van der Waals surface area contributed by atoms with Crippen LogP contribution in [0, 0.1) is 5.92 Å². The summed E-state index contributed by atoms with van der Waals surface area (Å²) in [5.74, 6) is -0.437. The van der Waals surface area contributed by atoms with E-state index in [1.54, 1.807) is 0 Å². The molecular weight excluding hydrogens is 214 g/mol. The Bertz CT molecular complexity index is 434. The Morgan fingerprint density at radius 2 is 2.00 bits per heavy atom. The molecule has 3 nitrogen and oxygen atoms in total. The molecule has 0 radical (unpaired) electrons. The molecule has 0 spiro atoms. The van der Waals surface area contributed by atoms with Gasteiger partial charge in [0.1, 0.15) is 5.60 Å². The van der Waals surface area contributed by atoms with E-state index in [9.17, 15) is 4.79 Å². The fourth-order valence-electron chi connectivity index (χ4n) is 2.23. The van der Waals surface area contributed by atoms with Crippen molar-refractivity contribution in [2.24, 2.45) is 11.7 Å². The Morgan fingerprint density at radius 1 is 1.35 bits per heavy atom. The zero-order valence-corrected chi connectivity index (χ0v) is 10.6. The molecule has 17 heavy (non-hydrogen) atoms. The number of ether oxygens (including phenoxy) is 1. The number of rotatable bonds is 1. The van der Waals surface area contributed by atoms with Gasteiger partial charge in [0.25, 0.3) is 0 Å². The van der Waals surface area contributed by atoms with Crippen LogP contribution in [-0.2, 0) is 16.0 Å². The second kappa shape index (κ2) is 4.15. The van der Waals surface area contributed by atoms with E-state index in [2.05, 4.69) is 0 Å². The minimum absolute atomic E-state index is 0.193. The average Bonchev–Trinajstić information content (AvgIpc) is 2.55. The van der Waals surface area contributed by atoms with Crippen LogP contribution in [0.15, 0.2) is 24.3 Å². The van der Waals surface area contributed by atoms with E-state index < -0.39 is 5.60 Å². The molecule has 1 aliphatic rings. The molecule has 3 heteroatoms. The summed E-state index contributed by atoms with van der Waals surface area (Å²) < 4.78 is 5.40. The summed E-state index contributed by atoms with van der Waals surface area (Å²) in [6, 6.07) is 7.71. The summed E-state index contributed by atoms with van der Waals surface area (Å²) >= 11 is 0. The lowest BCUT2D eigenvalue weighted by molar-refractivity contribution is -0.160. The van der Waals surface area contributed by atoms with Gasteiger partial charge in [0.15, 0.2) is 0 Å². The fourth-order valence-corrected chi connectivity index (χ4v) is 2.23. The first-order valence-electron chi connectivity index (χ1n) is 5.95. The van der Waals surface area contributed by atoms with Crippen LogP contribution in [0.1, 0.15) is 37.9 Å². The summed E-state index contributed by atoms with van der Waals surface area (Å²) in [5, 5.41) is 0. The molecule has 92 valence electrons. The predicted molar refractivity (Wildman–Crippen MR) is 66.4 cm³/mol. The molecule has 0 saturated heterocycles. The van der Waals surface area contributed by atoms with E-state index in [1.807, 2.05) is 45.0 Å². The van der Waals surface area contributed by atoms with Crippen LogP contribution in [0.4, 0.5) is 0 Å². The van der Waals surface area contributed by atoms with Crippen LogP contribution in [0.2, 0.25) is 0 Å². The summed E-state index contributed by atoms with van der Waals surface area (Å²) in [6.45, 7) is 5.62. The van der Waals surface area contributed by atoms with Crippen molar-refractivity contribution < 1.29 is 9.53 Å². The number of fused-ring (bicyclic) bond motifs is 1. The van der Waals surface area contributed by atoms with Crippen LogP contribution in [-0.4, -0.2) is 11.6 Å². The second-order valence-corrected chi connectivity index (χ2v) is 5.57. The average molecular weight is 233 g/mol. The van der Waals surface area contributed by atoms with Gasteiger partial charge in [-0.2, -0.15) is 0 Å². The topological polar surface area (TPSA) is 52.3 Å². The zero-order chi connectivity index (χ0) is 12.6. The van der Waals surface area contributed by atoms with E-state index in [-0.39, 0.29) is 17.9 Å². The molecule has 0 saturated carbocycles. The molecule has 0 heterocycles. The maximum Gasteiger partial charge on any atom is 0.311 e. The van der Waals surface area contributed by atoms with Crippen molar-refractivity contribution in [3.05, 3.63) is 35.4 Å². The number of carbonyl (C=O) groups excluding carboxylic acids is 1. The third kappa shape index (κ3) is 2.50. The lowest BCUT2D eigenvalue weighted by atomic mass is 10.0. The first kappa shape index (κ1) is 12.1. The highest BCUT2D eigenvalue weighted by molar-refractivity contribution is 5.76. The van der Waals surface area contributed by atoms with E-state index in [1.165, 1.54) is 0 Å². The van der Waals surface area contributed by atoms with Gasteiger partial charge >= 0.3 is 5.97 Å². The van der Waals surface area contributed by atoms with Gasteiger partial charge in [-0.25, -0.2) is 0 Å². The van der Waals surface area contributed by atoms with Crippen LogP contribution in [0.25, 0.3) is 0 Å². The second-order valence-electron chi connectivity index (χ2n) is 5.57. The molecule has 0 unspecified atom stereocenters. The molecule has 0 aromatic heterocycles. The Labute approximate surface area is 102 Å².